The summed E-state index contributed by atoms with van der Waals surface area (Å²) in [5.74, 6) is -2.07. The smallest absolute Gasteiger partial charge is 0.437 e. The van der Waals surface area contributed by atoms with Crippen molar-refractivity contribution in [1.82, 2.24) is 10.2 Å². The Kier molecular flexibility index (Phi) is 13.5. The maximum absolute atomic E-state index is 15.4. The minimum atomic E-state index is -0.929. The number of ether oxygens (including phenoxy) is 3. The molecule has 1 heterocycles. The van der Waals surface area contributed by atoms with Gasteiger partial charge in [0.2, 0.25) is 5.96 Å². The van der Waals surface area contributed by atoms with Gasteiger partial charge in [0, 0.05) is 41.5 Å². The number of halogens is 2. The molecule has 2 N–H and O–H groups in total. The lowest BCUT2D eigenvalue weighted by molar-refractivity contribution is 0.0554. The van der Waals surface area contributed by atoms with Crippen molar-refractivity contribution in [3.8, 4) is 5.75 Å². The van der Waals surface area contributed by atoms with Crippen LogP contribution in [0.5, 0.6) is 5.75 Å². The third-order valence-electron chi connectivity index (χ3n) is 6.87. The van der Waals surface area contributed by atoms with E-state index in [-0.39, 0.29) is 44.0 Å². The Bertz CT molecular complexity index is 1580. The van der Waals surface area contributed by atoms with Crippen molar-refractivity contribution in [3.05, 3.63) is 70.8 Å². The summed E-state index contributed by atoms with van der Waals surface area (Å²) in [6.07, 6.45) is 2.72. The molecule has 0 atom stereocenters. The van der Waals surface area contributed by atoms with Gasteiger partial charge in [0.05, 0.1) is 7.11 Å². The van der Waals surface area contributed by atoms with Gasteiger partial charge in [-0.25, -0.2) is 18.4 Å². The summed E-state index contributed by atoms with van der Waals surface area (Å²) in [4.78, 5) is 43.4. The highest BCUT2D eigenvalue weighted by Gasteiger charge is 2.27. The predicted octanol–water partition coefficient (Wildman–Crippen LogP) is 8.58. The lowest BCUT2D eigenvalue weighted by atomic mass is 9.97. The quantitative estimate of drug-likeness (QED) is 0.233. The van der Waals surface area contributed by atoms with E-state index in [1.807, 2.05) is 26.0 Å². The second kappa shape index (κ2) is 16.4. The van der Waals surface area contributed by atoms with E-state index in [1.165, 1.54) is 7.11 Å². The number of allylic oxidation sites excluding steroid dienone is 2. The molecule has 262 valence electrons. The molecule has 3 rings (SSSR count). The van der Waals surface area contributed by atoms with Gasteiger partial charge in [0.1, 0.15) is 28.6 Å². The van der Waals surface area contributed by atoms with Crippen molar-refractivity contribution < 1.29 is 37.4 Å². The Morgan fingerprint density at radius 1 is 1.00 bits per heavy atom. The van der Waals surface area contributed by atoms with Gasteiger partial charge in [-0.2, -0.15) is 0 Å². The Morgan fingerprint density at radius 3 is 2.12 bits per heavy atom. The number of nitrogens with one attached hydrogen (secondary N) is 2. The molecule has 0 unspecified atom stereocenters. The van der Waals surface area contributed by atoms with Gasteiger partial charge in [-0.15, -0.1) is 4.99 Å². The molecule has 48 heavy (non-hydrogen) atoms. The van der Waals surface area contributed by atoms with Crippen molar-refractivity contribution >= 4 is 40.9 Å². The van der Waals surface area contributed by atoms with Crippen molar-refractivity contribution in [2.24, 2.45) is 4.99 Å². The van der Waals surface area contributed by atoms with E-state index in [1.54, 1.807) is 64.7 Å². The number of carbonyl (C=O) groups excluding carboxylic acids is 3. The first-order valence-corrected chi connectivity index (χ1v) is 15.3. The maximum atomic E-state index is 15.4. The highest BCUT2D eigenvalue weighted by molar-refractivity contribution is 6.05. The molecule has 0 aromatic heterocycles. The average molecular weight is 671 g/mol. The molecule has 2 aromatic carbocycles. The summed E-state index contributed by atoms with van der Waals surface area (Å²) >= 11 is 0. The van der Waals surface area contributed by atoms with E-state index >= 15 is 8.78 Å². The average Bonchev–Trinajstić information content (AvgIpc) is 2.96. The first kappa shape index (κ1) is 39.4. The molecular weight excluding hydrogens is 622 g/mol. The molecule has 0 radical (unpaired) electrons. The first-order valence-electron chi connectivity index (χ1n) is 15.3. The monoisotopic (exact) mass is 670 g/mol. The highest BCUT2D eigenvalue weighted by Crippen LogP contribution is 2.32. The number of hydrogen-bond acceptors (Lipinski definition) is 6. The van der Waals surface area contributed by atoms with E-state index in [0.29, 0.717) is 17.0 Å². The number of carbonyl (C=O) groups is 3. The molecule has 3 amide bonds. The highest BCUT2D eigenvalue weighted by atomic mass is 19.1. The molecule has 12 heteroatoms. The van der Waals surface area contributed by atoms with Crippen molar-refractivity contribution in [1.29, 1.82) is 0 Å². The van der Waals surface area contributed by atoms with E-state index in [0.717, 1.165) is 29.7 Å². The fraction of sp³-hybridized carbons (Fsp3) is 0.444. The fourth-order valence-electron chi connectivity index (χ4n) is 4.83. The molecule has 0 bridgehead atoms. The number of rotatable bonds is 6. The van der Waals surface area contributed by atoms with Crippen LogP contribution in [-0.2, 0) is 9.47 Å². The molecule has 1 aliphatic rings. The predicted molar refractivity (Wildman–Crippen MR) is 185 cm³/mol. The van der Waals surface area contributed by atoms with Crippen LogP contribution in [0.4, 0.5) is 24.1 Å². The number of methoxy groups -OCH3 is 1. The molecule has 1 aliphatic heterocycles. The Balaban J connectivity index is 0.00000800. The largest absolute Gasteiger partial charge is 0.496 e. The molecule has 0 saturated heterocycles. The SMILES string of the molecule is C.C/C=C(\CC)c1ccc(NC(=O)c2cc(F)c(C3=CCN(/C(=N\C(=O)OC(C)(C)C)NC(=O)OC(C)(C)C)CC3)c(F)c2)cc1OC. The number of anilines is 1. The summed E-state index contributed by atoms with van der Waals surface area (Å²) < 4.78 is 46.8. The van der Waals surface area contributed by atoms with Crippen LogP contribution in [0.25, 0.3) is 11.1 Å². The number of hydrogen-bond donors (Lipinski definition) is 2. The first-order chi connectivity index (χ1) is 21.9. The van der Waals surface area contributed by atoms with Gasteiger partial charge in [-0.1, -0.05) is 26.5 Å². The van der Waals surface area contributed by atoms with Crippen LogP contribution < -0.4 is 15.4 Å². The molecular formula is C36H48F2N4O6. The number of guanidine groups is 1. The summed E-state index contributed by atoms with van der Waals surface area (Å²) in [5.41, 5.74) is 0.631. The molecule has 10 nitrogen and oxygen atoms in total. The van der Waals surface area contributed by atoms with Gasteiger partial charge in [-0.3, -0.25) is 10.1 Å². The topological polar surface area (TPSA) is 119 Å². The summed E-state index contributed by atoms with van der Waals surface area (Å²) in [6.45, 7) is 14.3. The van der Waals surface area contributed by atoms with Gasteiger partial charge in [0.25, 0.3) is 5.91 Å². The second-order valence-corrected chi connectivity index (χ2v) is 12.8. The van der Waals surface area contributed by atoms with Crippen LogP contribution >= 0.6 is 0 Å². The van der Waals surface area contributed by atoms with Crippen molar-refractivity contribution in [2.45, 2.75) is 86.9 Å². The zero-order valence-electron chi connectivity index (χ0n) is 28.5. The Labute approximate surface area is 282 Å². The van der Waals surface area contributed by atoms with Crippen LogP contribution in [0.1, 0.15) is 97.1 Å². The number of nitrogens with zero attached hydrogens (tertiary/aromatic N) is 2. The van der Waals surface area contributed by atoms with E-state index in [4.69, 9.17) is 14.2 Å². The summed E-state index contributed by atoms with van der Waals surface area (Å²) in [6, 6.07) is 7.15. The summed E-state index contributed by atoms with van der Waals surface area (Å²) in [5, 5.41) is 5.16. The van der Waals surface area contributed by atoms with E-state index in [2.05, 4.69) is 15.6 Å². The zero-order valence-corrected chi connectivity index (χ0v) is 28.5. The number of aliphatic imine (C=N–C) groups is 1. The van der Waals surface area contributed by atoms with Crippen LogP contribution in [0.2, 0.25) is 0 Å². The molecule has 0 saturated carbocycles. The minimum Gasteiger partial charge on any atom is -0.496 e. The lowest BCUT2D eigenvalue weighted by Crippen LogP contribution is -2.48. The molecule has 0 fully saturated rings. The van der Waals surface area contributed by atoms with E-state index < -0.39 is 40.9 Å². The van der Waals surface area contributed by atoms with Crippen LogP contribution in [0, 0.1) is 11.6 Å². The number of benzene rings is 2. The van der Waals surface area contributed by atoms with Crippen molar-refractivity contribution in [3.63, 3.8) is 0 Å². The van der Waals surface area contributed by atoms with Gasteiger partial charge >= 0.3 is 12.2 Å². The van der Waals surface area contributed by atoms with Crippen LogP contribution in [0.15, 0.2) is 47.5 Å². The third kappa shape index (κ3) is 10.9. The van der Waals surface area contributed by atoms with Gasteiger partial charge in [0.15, 0.2) is 0 Å². The Morgan fingerprint density at radius 2 is 1.62 bits per heavy atom. The van der Waals surface area contributed by atoms with Crippen LogP contribution in [0.3, 0.4) is 0 Å². The summed E-state index contributed by atoms with van der Waals surface area (Å²) in [7, 11) is 1.53. The molecule has 2 aromatic rings. The maximum Gasteiger partial charge on any atom is 0.437 e. The number of alkyl carbamates (subject to hydrolysis) is 1. The zero-order chi connectivity index (χ0) is 35.1. The molecule has 0 aliphatic carbocycles. The lowest BCUT2D eigenvalue weighted by Gasteiger charge is -2.30. The normalized spacial score (nSPS) is 14.0. The van der Waals surface area contributed by atoms with Crippen LogP contribution in [-0.4, -0.2) is 60.4 Å². The Hall–Kier alpha value is -4.74. The number of amides is 3. The van der Waals surface area contributed by atoms with Crippen molar-refractivity contribution in [2.75, 3.05) is 25.5 Å². The fourth-order valence-corrected chi connectivity index (χ4v) is 4.83. The van der Waals surface area contributed by atoms with Gasteiger partial charge < -0.3 is 24.4 Å². The van der Waals surface area contributed by atoms with Gasteiger partial charge in [-0.05, 0) is 96.7 Å². The molecule has 0 spiro atoms. The third-order valence-corrected chi connectivity index (χ3v) is 6.87. The second-order valence-electron chi connectivity index (χ2n) is 12.8. The standard InChI is InChI=1S/C35H44F2N4O6.CH4/c1-10-21(11-2)25-13-12-24(20-28(25)45-9)38-30(42)23-18-26(36)29(27(37)19-23)22-14-16-41(17-15-22)31(39-32(43)46-34(3,4)5)40-33(44)47-35(6,7)8;/h10,12-14,18-20H,11,15-17H2,1-9H3,(H,38,42)(H,39,40,43,44);1H4/b21-10+;. The van der Waals surface area contributed by atoms with E-state index in [9.17, 15) is 14.4 Å². The minimum absolute atomic E-state index is 0.